The van der Waals surface area contributed by atoms with E-state index in [9.17, 15) is 0 Å². The third-order valence-corrected chi connectivity index (χ3v) is 3.89. The summed E-state index contributed by atoms with van der Waals surface area (Å²) in [6, 6.07) is 10.5. The van der Waals surface area contributed by atoms with E-state index >= 15 is 0 Å². The number of thiol groups is 1. The van der Waals surface area contributed by atoms with E-state index < -0.39 is 0 Å². The molecule has 0 spiro atoms. The van der Waals surface area contributed by atoms with Crippen molar-refractivity contribution in [3.05, 3.63) is 48.3 Å². The van der Waals surface area contributed by atoms with Crippen LogP contribution in [-0.4, -0.2) is 21.5 Å². The summed E-state index contributed by atoms with van der Waals surface area (Å²) in [5.74, 6) is 2.33. The van der Waals surface area contributed by atoms with Crippen molar-refractivity contribution in [1.82, 2.24) is 9.97 Å². The fourth-order valence-electron chi connectivity index (χ4n) is 1.49. The second-order valence-corrected chi connectivity index (χ2v) is 4.87. The molecule has 1 aromatic heterocycles. The minimum absolute atomic E-state index is 0.472. The van der Waals surface area contributed by atoms with Crippen molar-refractivity contribution < 1.29 is 0 Å². The molecule has 0 fully saturated rings. The van der Waals surface area contributed by atoms with Gasteiger partial charge >= 0.3 is 0 Å². The van der Waals surface area contributed by atoms with Gasteiger partial charge in [-0.1, -0.05) is 42.1 Å². The average Bonchev–Trinajstić information content (AvgIpc) is 2.84. The van der Waals surface area contributed by atoms with Gasteiger partial charge in [-0.15, -0.1) is 0 Å². The highest BCUT2D eigenvalue weighted by Gasteiger charge is 2.10. The fraction of sp³-hybridized carbons (Fsp3) is 0.250. The lowest BCUT2D eigenvalue weighted by atomic mass is 10.0. The van der Waals surface area contributed by atoms with Crippen LogP contribution in [0.25, 0.3) is 0 Å². The van der Waals surface area contributed by atoms with Crippen LogP contribution in [0.2, 0.25) is 0 Å². The molecule has 2 nitrogen and oxygen atoms in total. The zero-order valence-electron chi connectivity index (χ0n) is 8.84. The Labute approximate surface area is 105 Å². The van der Waals surface area contributed by atoms with E-state index in [1.165, 1.54) is 5.56 Å². The van der Waals surface area contributed by atoms with Crippen LogP contribution >= 0.6 is 24.4 Å². The van der Waals surface area contributed by atoms with Crippen molar-refractivity contribution in [1.29, 1.82) is 0 Å². The number of imidazole rings is 1. The Balaban J connectivity index is 1.96. The van der Waals surface area contributed by atoms with E-state index in [1.54, 1.807) is 18.0 Å². The van der Waals surface area contributed by atoms with Gasteiger partial charge in [0.1, 0.15) is 0 Å². The van der Waals surface area contributed by atoms with Gasteiger partial charge in [0, 0.05) is 24.1 Å². The van der Waals surface area contributed by atoms with Crippen LogP contribution in [0.3, 0.4) is 0 Å². The monoisotopic (exact) mass is 250 g/mol. The average molecular weight is 250 g/mol. The van der Waals surface area contributed by atoms with E-state index in [0.717, 1.165) is 16.7 Å². The standard InChI is InChI=1S/C12H14N2S2/c15-8-11(10-4-2-1-3-5-10)9-16-12-13-6-7-14-12/h1-7,11,15H,8-9H2,(H,13,14). The molecule has 16 heavy (non-hydrogen) atoms. The number of H-pyrrole nitrogens is 1. The number of aromatic amines is 1. The lowest BCUT2D eigenvalue weighted by molar-refractivity contribution is 0.893. The molecule has 1 atom stereocenters. The molecule has 0 radical (unpaired) electrons. The van der Waals surface area contributed by atoms with Crippen molar-refractivity contribution in [2.24, 2.45) is 0 Å². The Bertz CT molecular complexity index is 400. The highest BCUT2D eigenvalue weighted by atomic mass is 32.2. The smallest absolute Gasteiger partial charge is 0.165 e. The fourth-order valence-corrected chi connectivity index (χ4v) is 2.96. The molecule has 0 aliphatic rings. The molecule has 84 valence electrons. The predicted octanol–water partition coefficient (Wildman–Crippen LogP) is 3.22. The number of hydrogen-bond acceptors (Lipinski definition) is 3. The van der Waals surface area contributed by atoms with E-state index in [4.69, 9.17) is 0 Å². The van der Waals surface area contributed by atoms with Gasteiger partial charge in [-0.25, -0.2) is 4.98 Å². The van der Waals surface area contributed by atoms with Crippen LogP contribution in [0.5, 0.6) is 0 Å². The summed E-state index contributed by atoms with van der Waals surface area (Å²) in [5.41, 5.74) is 1.34. The van der Waals surface area contributed by atoms with E-state index in [0.29, 0.717) is 5.92 Å². The number of nitrogens with zero attached hydrogens (tertiary/aromatic N) is 1. The molecule has 2 aromatic rings. The number of nitrogens with one attached hydrogen (secondary N) is 1. The molecule has 1 N–H and O–H groups in total. The summed E-state index contributed by atoms with van der Waals surface area (Å²) in [7, 11) is 0. The molecule has 1 aromatic carbocycles. The van der Waals surface area contributed by atoms with Crippen LogP contribution in [-0.2, 0) is 0 Å². The topological polar surface area (TPSA) is 28.7 Å². The molecule has 0 saturated carbocycles. The first kappa shape index (κ1) is 11.6. The molecule has 1 heterocycles. The van der Waals surface area contributed by atoms with E-state index in [2.05, 4.69) is 46.9 Å². The SMILES string of the molecule is SCC(CSc1ncc[nH]1)c1ccccc1. The zero-order chi connectivity index (χ0) is 11.2. The molecule has 0 amide bonds. The lowest BCUT2D eigenvalue weighted by Crippen LogP contribution is -2.03. The van der Waals surface area contributed by atoms with E-state index in [1.807, 2.05) is 12.3 Å². The summed E-state index contributed by atoms with van der Waals surface area (Å²) in [5, 5.41) is 0.975. The van der Waals surface area contributed by atoms with Crippen molar-refractivity contribution >= 4 is 24.4 Å². The van der Waals surface area contributed by atoms with Gasteiger partial charge < -0.3 is 4.98 Å². The molecule has 0 aliphatic carbocycles. The second-order valence-electron chi connectivity index (χ2n) is 3.50. The maximum absolute atomic E-state index is 4.41. The Hall–Kier alpha value is -0.870. The van der Waals surface area contributed by atoms with Gasteiger partial charge in [0.2, 0.25) is 0 Å². The third-order valence-electron chi connectivity index (χ3n) is 2.39. The molecule has 1 unspecified atom stereocenters. The van der Waals surface area contributed by atoms with Gasteiger partial charge in [0.25, 0.3) is 0 Å². The van der Waals surface area contributed by atoms with Gasteiger partial charge in [0.15, 0.2) is 5.16 Å². The molecule has 0 aliphatic heterocycles. The third kappa shape index (κ3) is 3.06. The minimum Gasteiger partial charge on any atom is -0.340 e. The Kier molecular flexibility index (Phi) is 4.36. The minimum atomic E-state index is 0.472. The highest BCUT2D eigenvalue weighted by molar-refractivity contribution is 7.99. The van der Waals surface area contributed by atoms with Crippen LogP contribution < -0.4 is 0 Å². The number of thioether (sulfide) groups is 1. The van der Waals surface area contributed by atoms with Crippen molar-refractivity contribution in [2.75, 3.05) is 11.5 Å². The summed E-state index contributed by atoms with van der Waals surface area (Å²) < 4.78 is 0. The maximum Gasteiger partial charge on any atom is 0.165 e. The van der Waals surface area contributed by atoms with Gasteiger partial charge in [-0.05, 0) is 11.3 Å². The molecule has 0 bridgehead atoms. The second kappa shape index (κ2) is 6.01. The normalized spacial score (nSPS) is 12.6. The van der Waals surface area contributed by atoms with Gasteiger partial charge in [-0.3, -0.25) is 0 Å². The number of aromatic nitrogens is 2. The molecular formula is C12H14N2S2. The van der Waals surface area contributed by atoms with E-state index in [-0.39, 0.29) is 0 Å². The first-order valence-electron chi connectivity index (χ1n) is 5.18. The summed E-state index contributed by atoms with van der Waals surface area (Å²) in [4.78, 5) is 7.29. The largest absolute Gasteiger partial charge is 0.340 e. The number of hydrogen-bond donors (Lipinski definition) is 2. The van der Waals surface area contributed by atoms with Crippen molar-refractivity contribution in [3.63, 3.8) is 0 Å². The van der Waals surface area contributed by atoms with Crippen LogP contribution in [0.4, 0.5) is 0 Å². The zero-order valence-corrected chi connectivity index (χ0v) is 10.5. The molecule has 2 rings (SSSR count). The quantitative estimate of drug-likeness (QED) is 0.630. The summed E-state index contributed by atoms with van der Waals surface area (Å²) in [6.07, 6.45) is 3.63. The van der Waals surface area contributed by atoms with Crippen molar-refractivity contribution in [2.45, 2.75) is 11.1 Å². The first-order valence-corrected chi connectivity index (χ1v) is 6.80. The van der Waals surface area contributed by atoms with Crippen molar-refractivity contribution in [3.8, 4) is 0 Å². The Morgan fingerprint density at radius 2 is 2.12 bits per heavy atom. The molecule has 0 saturated heterocycles. The summed E-state index contributed by atoms with van der Waals surface area (Å²) >= 11 is 6.15. The maximum atomic E-state index is 4.41. The van der Waals surface area contributed by atoms with Gasteiger partial charge in [-0.2, -0.15) is 12.6 Å². The molecule has 4 heteroatoms. The Morgan fingerprint density at radius 1 is 1.31 bits per heavy atom. The first-order chi connectivity index (χ1) is 7.90. The van der Waals surface area contributed by atoms with Crippen LogP contribution in [0.15, 0.2) is 47.9 Å². The van der Waals surface area contributed by atoms with Crippen LogP contribution in [0, 0.1) is 0 Å². The number of benzene rings is 1. The highest BCUT2D eigenvalue weighted by Crippen LogP contribution is 2.24. The Morgan fingerprint density at radius 3 is 2.75 bits per heavy atom. The van der Waals surface area contributed by atoms with Gasteiger partial charge in [0.05, 0.1) is 0 Å². The number of rotatable bonds is 5. The molecular weight excluding hydrogens is 236 g/mol. The van der Waals surface area contributed by atoms with Crippen LogP contribution in [0.1, 0.15) is 11.5 Å². The lowest BCUT2D eigenvalue weighted by Gasteiger charge is -2.13. The predicted molar refractivity (Wildman–Crippen MR) is 72.3 cm³/mol. The summed E-state index contributed by atoms with van der Waals surface area (Å²) in [6.45, 7) is 0.